The van der Waals surface area contributed by atoms with Gasteiger partial charge >= 0.3 is 5.97 Å². The van der Waals surface area contributed by atoms with Gasteiger partial charge in [-0.3, -0.25) is 0 Å². The Morgan fingerprint density at radius 1 is 1.55 bits per heavy atom. The highest BCUT2D eigenvalue weighted by molar-refractivity contribution is 7.16. The van der Waals surface area contributed by atoms with Crippen LogP contribution < -0.4 is 5.32 Å². The molecule has 108 valence electrons. The first kappa shape index (κ1) is 15.1. The summed E-state index contributed by atoms with van der Waals surface area (Å²) in [5.41, 5.74) is 0.469. The van der Waals surface area contributed by atoms with Gasteiger partial charge < -0.3 is 14.5 Å². The molecule has 0 bridgehead atoms. The smallest absolute Gasteiger partial charge is 0.341 e. The highest BCUT2D eigenvalue weighted by Crippen LogP contribution is 2.27. The van der Waals surface area contributed by atoms with Gasteiger partial charge in [0.25, 0.3) is 0 Å². The Labute approximate surface area is 126 Å². The molecule has 0 aliphatic rings. The van der Waals surface area contributed by atoms with Gasteiger partial charge in [-0.2, -0.15) is 0 Å². The van der Waals surface area contributed by atoms with Crippen LogP contribution in [0, 0.1) is 6.92 Å². The van der Waals surface area contributed by atoms with Crippen molar-refractivity contribution < 1.29 is 13.9 Å². The highest BCUT2D eigenvalue weighted by atomic mass is 35.5. The number of hydrogen-bond donors (Lipinski definition) is 1. The number of aryl methyl sites for hydroxylation is 1. The normalized spacial score (nSPS) is 12.4. The van der Waals surface area contributed by atoms with Crippen molar-refractivity contribution in [1.29, 1.82) is 0 Å². The second-order valence-corrected chi connectivity index (χ2v) is 6.17. The van der Waals surface area contributed by atoms with Gasteiger partial charge in [0.15, 0.2) is 0 Å². The number of nitrogens with one attached hydrogen (secondary N) is 1. The number of carbonyl (C=O) groups excluding carboxylic acids is 1. The van der Waals surface area contributed by atoms with Gasteiger partial charge in [0.1, 0.15) is 17.1 Å². The molecular formula is C14H16ClNO3S. The molecule has 2 aromatic heterocycles. The van der Waals surface area contributed by atoms with Crippen LogP contribution in [0.3, 0.4) is 0 Å². The SMILES string of the molecule is COC(=O)c1cc(CNC(C)c2ccc(Cl)s2)oc1C. The van der Waals surface area contributed by atoms with E-state index in [9.17, 15) is 4.79 Å². The molecular weight excluding hydrogens is 298 g/mol. The standard InChI is InChI=1S/C14H16ClNO3S/c1-8(12-4-5-13(15)20-12)16-7-10-6-11(9(2)19-10)14(17)18-3/h4-6,8,16H,7H2,1-3H3. The van der Waals surface area contributed by atoms with E-state index in [1.165, 1.54) is 7.11 Å². The maximum absolute atomic E-state index is 11.5. The summed E-state index contributed by atoms with van der Waals surface area (Å²) in [5.74, 6) is 0.897. The number of thiophene rings is 1. The molecule has 0 radical (unpaired) electrons. The first-order valence-corrected chi connectivity index (χ1v) is 7.37. The van der Waals surface area contributed by atoms with E-state index >= 15 is 0 Å². The number of furan rings is 1. The summed E-state index contributed by atoms with van der Waals surface area (Å²) in [7, 11) is 1.36. The molecule has 1 atom stereocenters. The van der Waals surface area contributed by atoms with Gasteiger partial charge in [0.2, 0.25) is 0 Å². The average molecular weight is 314 g/mol. The van der Waals surface area contributed by atoms with Crippen LogP contribution in [0.5, 0.6) is 0 Å². The second kappa shape index (κ2) is 6.43. The largest absolute Gasteiger partial charge is 0.465 e. The Morgan fingerprint density at radius 3 is 2.90 bits per heavy atom. The fraction of sp³-hybridized carbons (Fsp3) is 0.357. The number of ether oxygens (including phenoxy) is 1. The van der Waals surface area contributed by atoms with Crippen molar-refractivity contribution in [2.24, 2.45) is 0 Å². The van der Waals surface area contributed by atoms with E-state index in [4.69, 9.17) is 20.8 Å². The molecule has 0 saturated carbocycles. The Kier molecular flexibility index (Phi) is 4.86. The van der Waals surface area contributed by atoms with Crippen LogP contribution in [0.1, 0.15) is 39.7 Å². The summed E-state index contributed by atoms with van der Waals surface area (Å²) in [5, 5.41) is 3.33. The zero-order valence-electron chi connectivity index (χ0n) is 11.5. The summed E-state index contributed by atoms with van der Waals surface area (Å²) in [6, 6.07) is 5.76. The monoisotopic (exact) mass is 313 g/mol. The third kappa shape index (κ3) is 3.42. The van der Waals surface area contributed by atoms with Gasteiger partial charge in [0.05, 0.1) is 18.0 Å². The summed E-state index contributed by atoms with van der Waals surface area (Å²) in [4.78, 5) is 12.7. The maximum Gasteiger partial charge on any atom is 0.341 e. The molecule has 2 aromatic rings. The van der Waals surface area contributed by atoms with E-state index in [2.05, 4.69) is 12.2 Å². The predicted molar refractivity (Wildman–Crippen MR) is 79.4 cm³/mol. The quantitative estimate of drug-likeness (QED) is 0.849. The van der Waals surface area contributed by atoms with E-state index in [-0.39, 0.29) is 12.0 Å². The Hall–Kier alpha value is -1.30. The van der Waals surface area contributed by atoms with Crippen LogP contribution in [0.2, 0.25) is 4.34 Å². The van der Waals surface area contributed by atoms with Crippen LogP contribution in [0.15, 0.2) is 22.6 Å². The molecule has 2 rings (SSSR count). The molecule has 0 spiro atoms. The minimum Gasteiger partial charge on any atom is -0.465 e. The molecule has 6 heteroatoms. The van der Waals surface area contributed by atoms with Gasteiger partial charge in [-0.25, -0.2) is 4.79 Å². The number of halogens is 1. The van der Waals surface area contributed by atoms with Crippen molar-refractivity contribution >= 4 is 28.9 Å². The Balaban J connectivity index is 1.99. The van der Waals surface area contributed by atoms with E-state index < -0.39 is 0 Å². The summed E-state index contributed by atoms with van der Waals surface area (Å²) >= 11 is 7.46. The number of hydrogen-bond acceptors (Lipinski definition) is 5. The first-order valence-electron chi connectivity index (χ1n) is 6.17. The highest BCUT2D eigenvalue weighted by Gasteiger charge is 2.16. The number of rotatable bonds is 5. The zero-order chi connectivity index (χ0) is 14.7. The molecule has 2 heterocycles. The lowest BCUT2D eigenvalue weighted by atomic mass is 10.2. The number of methoxy groups -OCH3 is 1. The lowest BCUT2D eigenvalue weighted by Crippen LogP contribution is -2.16. The number of esters is 1. The van der Waals surface area contributed by atoms with Crippen LogP contribution in [-0.2, 0) is 11.3 Å². The Bertz CT molecular complexity index is 605. The molecule has 0 aromatic carbocycles. The van der Waals surface area contributed by atoms with Crippen molar-refractivity contribution in [2.45, 2.75) is 26.4 Å². The van der Waals surface area contributed by atoms with Crippen LogP contribution in [-0.4, -0.2) is 13.1 Å². The first-order chi connectivity index (χ1) is 9.51. The summed E-state index contributed by atoms with van der Waals surface area (Å²) < 4.78 is 11.0. The second-order valence-electron chi connectivity index (χ2n) is 4.42. The van der Waals surface area contributed by atoms with Gasteiger partial charge in [-0.05, 0) is 32.0 Å². The van der Waals surface area contributed by atoms with Crippen molar-refractivity contribution in [3.63, 3.8) is 0 Å². The van der Waals surface area contributed by atoms with Crippen LogP contribution >= 0.6 is 22.9 Å². The minimum absolute atomic E-state index is 0.166. The molecule has 4 nitrogen and oxygen atoms in total. The molecule has 0 saturated heterocycles. The summed E-state index contributed by atoms with van der Waals surface area (Å²) in [6.07, 6.45) is 0. The van der Waals surface area contributed by atoms with Gasteiger partial charge in [0, 0.05) is 10.9 Å². The molecule has 1 N–H and O–H groups in total. The van der Waals surface area contributed by atoms with Gasteiger partial charge in [-0.15, -0.1) is 11.3 Å². The predicted octanol–water partition coefficient (Wildman–Crippen LogP) is 3.94. The number of carbonyl (C=O) groups is 1. The van der Waals surface area contributed by atoms with E-state index in [1.807, 2.05) is 12.1 Å². The van der Waals surface area contributed by atoms with Crippen molar-refractivity contribution in [3.05, 3.63) is 44.5 Å². The molecule has 0 aliphatic heterocycles. The minimum atomic E-state index is -0.379. The van der Waals surface area contributed by atoms with Gasteiger partial charge in [-0.1, -0.05) is 11.6 Å². The topological polar surface area (TPSA) is 51.5 Å². The molecule has 0 amide bonds. The van der Waals surface area contributed by atoms with Crippen molar-refractivity contribution in [2.75, 3.05) is 7.11 Å². The third-order valence-electron chi connectivity index (χ3n) is 2.98. The molecule has 0 aliphatic carbocycles. The van der Waals surface area contributed by atoms with Crippen LogP contribution in [0.4, 0.5) is 0 Å². The van der Waals surface area contributed by atoms with E-state index in [0.29, 0.717) is 23.6 Å². The molecule has 0 fully saturated rings. The van der Waals surface area contributed by atoms with E-state index in [0.717, 1.165) is 9.21 Å². The molecule has 20 heavy (non-hydrogen) atoms. The van der Waals surface area contributed by atoms with E-state index in [1.54, 1.807) is 24.3 Å². The maximum atomic E-state index is 11.5. The Morgan fingerprint density at radius 2 is 2.30 bits per heavy atom. The third-order valence-corrected chi connectivity index (χ3v) is 4.39. The fourth-order valence-electron chi connectivity index (χ4n) is 1.86. The average Bonchev–Trinajstić information content (AvgIpc) is 3.01. The fourth-order valence-corrected chi connectivity index (χ4v) is 2.95. The van der Waals surface area contributed by atoms with Crippen LogP contribution in [0.25, 0.3) is 0 Å². The lowest BCUT2D eigenvalue weighted by Gasteiger charge is -2.10. The summed E-state index contributed by atoms with van der Waals surface area (Å²) in [6.45, 7) is 4.34. The molecule has 1 unspecified atom stereocenters. The lowest BCUT2D eigenvalue weighted by molar-refractivity contribution is 0.0599. The van der Waals surface area contributed by atoms with Crippen molar-refractivity contribution in [1.82, 2.24) is 5.32 Å². The van der Waals surface area contributed by atoms with Crippen molar-refractivity contribution in [3.8, 4) is 0 Å². The zero-order valence-corrected chi connectivity index (χ0v) is 13.1.